The lowest BCUT2D eigenvalue weighted by Gasteiger charge is -2.13. The summed E-state index contributed by atoms with van der Waals surface area (Å²) in [5.41, 5.74) is 5.25. The van der Waals surface area contributed by atoms with Crippen molar-refractivity contribution in [3.63, 3.8) is 0 Å². The van der Waals surface area contributed by atoms with Gasteiger partial charge in [-0.15, -0.1) is 10.2 Å². The first-order chi connectivity index (χ1) is 13.5. The highest BCUT2D eigenvalue weighted by Gasteiger charge is 2.16. The molecule has 0 spiro atoms. The second-order valence-electron chi connectivity index (χ2n) is 6.78. The fourth-order valence-electron chi connectivity index (χ4n) is 2.78. The Morgan fingerprint density at radius 2 is 2.18 bits per heavy atom. The van der Waals surface area contributed by atoms with Gasteiger partial charge in [-0.25, -0.2) is 0 Å². The highest BCUT2D eigenvalue weighted by atomic mass is 32.2. The second-order valence-corrected chi connectivity index (χ2v) is 7.73. The number of thioether (sulfide) groups is 1. The molecule has 2 aromatic heterocycles. The van der Waals surface area contributed by atoms with Gasteiger partial charge in [0, 0.05) is 18.9 Å². The standard InChI is InChI=1S/C19H29N5O3S/c1-3-4-5-7-14(2)21-18(26)13-28-19-23-22-17(10-9-16(20)25)24(19)12-15-8-6-11-27-15/h6,8,11,14H,3-5,7,9-10,12-13H2,1-2H3,(H2,20,25)(H,21,26). The summed E-state index contributed by atoms with van der Waals surface area (Å²) in [7, 11) is 0. The van der Waals surface area contributed by atoms with E-state index in [2.05, 4.69) is 22.4 Å². The predicted molar refractivity (Wildman–Crippen MR) is 108 cm³/mol. The zero-order valence-corrected chi connectivity index (χ0v) is 17.3. The third-order valence-electron chi connectivity index (χ3n) is 4.26. The molecule has 0 radical (unpaired) electrons. The minimum Gasteiger partial charge on any atom is -0.467 e. The van der Waals surface area contributed by atoms with Crippen molar-refractivity contribution in [3.05, 3.63) is 30.0 Å². The Morgan fingerprint density at radius 3 is 2.86 bits per heavy atom. The topological polar surface area (TPSA) is 116 Å². The summed E-state index contributed by atoms with van der Waals surface area (Å²) >= 11 is 1.32. The van der Waals surface area contributed by atoms with Crippen molar-refractivity contribution in [3.8, 4) is 0 Å². The van der Waals surface area contributed by atoms with Crippen LogP contribution in [0.25, 0.3) is 0 Å². The SMILES string of the molecule is CCCCCC(C)NC(=O)CSc1nnc(CCC(N)=O)n1Cc1ccco1. The summed E-state index contributed by atoms with van der Waals surface area (Å²) < 4.78 is 7.28. The van der Waals surface area contributed by atoms with Gasteiger partial charge in [0.25, 0.3) is 0 Å². The van der Waals surface area contributed by atoms with Gasteiger partial charge in [0.1, 0.15) is 11.6 Å². The largest absolute Gasteiger partial charge is 0.467 e. The van der Waals surface area contributed by atoms with Crippen LogP contribution in [0.5, 0.6) is 0 Å². The first kappa shape index (κ1) is 22.0. The molecule has 0 aliphatic rings. The number of amides is 2. The van der Waals surface area contributed by atoms with Crippen molar-refractivity contribution in [1.82, 2.24) is 20.1 Å². The Hall–Kier alpha value is -2.29. The van der Waals surface area contributed by atoms with E-state index in [1.54, 1.807) is 6.26 Å². The van der Waals surface area contributed by atoms with Crippen molar-refractivity contribution >= 4 is 23.6 Å². The molecule has 2 heterocycles. The molecule has 9 heteroatoms. The summed E-state index contributed by atoms with van der Waals surface area (Å²) in [6, 6.07) is 3.83. The predicted octanol–water partition coefficient (Wildman–Crippen LogP) is 2.51. The molecule has 2 rings (SSSR count). The van der Waals surface area contributed by atoms with E-state index >= 15 is 0 Å². The van der Waals surface area contributed by atoms with Gasteiger partial charge in [0.05, 0.1) is 18.6 Å². The van der Waals surface area contributed by atoms with Gasteiger partial charge in [0.15, 0.2) is 5.16 Å². The van der Waals surface area contributed by atoms with E-state index < -0.39 is 5.91 Å². The molecule has 0 bridgehead atoms. The molecule has 0 saturated heterocycles. The molecule has 8 nitrogen and oxygen atoms in total. The van der Waals surface area contributed by atoms with Gasteiger partial charge in [-0.2, -0.15) is 0 Å². The summed E-state index contributed by atoms with van der Waals surface area (Å²) in [5, 5.41) is 12.0. The smallest absolute Gasteiger partial charge is 0.230 e. The van der Waals surface area contributed by atoms with Gasteiger partial charge in [0.2, 0.25) is 11.8 Å². The number of aromatic nitrogens is 3. The lowest BCUT2D eigenvalue weighted by Crippen LogP contribution is -2.33. The third kappa shape index (κ3) is 7.38. The molecule has 3 N–H and O–H groups in total. The Bertz CT molecular complexity index is 745. The number of hydrogen-bond donors (Lipinski definition) is 2. The molecule has 1 atom stereocenters. The Morgan fingerprint density at radius 1 is 1.36 bits per heavy atom. The quantitative estimate of drug-likeness (QED) is 0.389. The fraction of sp³-hybridized carbons (Fsp3) is 0.579. The molecule has 0 saturated carbocycles. The molecule has 2 amide bonds. The number of furan rings is 1. The minimum absolute atomic E-state index is 0.0276. The van der Waals surface area contributed by atoms with Crippen LogP contribution in [0.2, 0.25) is 0 Å². The van der Waals surface area contributed by atoms with Crippen molar-refractivity contribution in [2.24, 2.45) is 5.73 Å². The van der Waals surface area contributed by atoms with Gasteiger partial charge in [-0.3, -0.25) is 14.2 Å². The van der Waals surface area contributed by atoms with Crippen LogP contribution in [0.15, 0.2) is 28.0 Å². The number of carbonyl (C=O) groups is 2. The number of unbranched alkanes of at least 4 members (excludes halogenated alkanes) is 2. The highest BCUT2D eigenvalue weighted by Crippen LogP contribution is 2.20. The Kier molecular flexibility index (Phi) is 9.06. The first-order valence-electron chi connectivity index (χ1n) is 9.64. The van der Waals surface area contributed by atoms with E-state index in [9.17, 15) is 9.59 Å². The van der Waals surface area contributed by atoms with Crippen molar-refractivity contribution in [2.45, 2.75) is 70.1 Å². The summed E-state index contributed by atoms with van der Waals surface area (Å²) in [4.78, 5) is 23.3. The van der Waals surface area contributed by atoms with Crippen LogP contribution in [-0.4, -0.2) is 38.4 Å². The number of rotatable bonds is 13. The number of carbonyl (C=O) groups excluding carboxylic acids is 2. The molecule has 0 aliphatic heterocycles. The average molecular weight is 408 g/mol. The minimum atomic E-state index is -0.391. The van der Waals surface area contributed by atoms with E-state index in [1.165, 1.54) is 24.6 Å². The van der Waals surface area contributed by atoms with Crippen LogP contribution >= 0.6 is 11.8 Å². The molecular formula is C19H29N5O3S. The Balaban J connectivity index is 1.95. The van der Waals surface area contributed by atoms with Gasteiger partial charge >= 0.3 is 0 Å². The van der Waals surface area contributed by atoms with Crippen LogP contribution in [0, 0.1) is 0 Å². The van der Waals surface area contributed by atoms with Crippen molar-refractivity contribution in [2.75, 3.05) is 5.75 Å². The molecule has 1 unspecified atom stereocenters. The van der Waals surface area contributed by atoms with Gasteiger partial charge in [-0.1, -0.05) is 37.9 Å². The number of nitrogens with two attached hydrogens (primary N) is 1. The van der Waals surface area contributed by atoms with E-state index in [4.69, 9.17) is 10.2 Å². The van der Waals surface area contributed by atoms with Crippen LogP contribution in [0.1, 0.15) is 57.5 Å². The molecule has 0 fully saturated rings. The molecule has 0 aliphatic carbocycles. The average Bonchev–Trinajstić information content (AvgIpc) is 3.29. The zero-order chi connectivity index (χ0) is 20.4. The molecule has 154 valence electrons. The lowest BCUT2D eigenvalue weighted by atomic mass is 10.1. The van der Waals surface area contributed by atoms with Crippen LogP contribution in [0.4, 0.5) is 0 Å². The normalized spacial score (nSPS) is 12.1. The number of nitrogens with zero attached hydrogens (tertiary/aromatic N) is 3. The summed E-state index contributed by atoms with van der Waals surface area (Å²) in [6.45, 7) is 4.63. The second kappa shape index (κ2) is 11.5. The maximum atomic E-state index is 12.2. The molecular weight excluding hydrogens is 378 g/mol. The van der Waals surface area contributed by atoms with E-state index in [-0.39, 0.29) is 24.1 Å². The van der Waals surface area contributed by atoms with Crippen molar-refractivity contribution < 1.29 is 14.0 Å². The van der Waals surface area contributed by atoms with E-state index in [1.807, 2.05) is 23.6 Å². The zero-order valence-electron chi connectivity index (χ0n) is 16.5. The van der Waals surface area contributed by atoms with Crippen LogP contribution in [-0.2, 0) is 22.6 Å². The number of primary amides is 1. The first-order valence-corrected chi connectivity index (χ1v) is 10.6. The van der Waals surface area contributed by atoms with Gasteiger partial charge in [-0.05, 0) is 25.5 Å². The van der Waals surface area contributed by atoms with Crippen LogP contribution < -0.4 is 11.1 Å². The molecule has 28 heavy (non-hydrogen) atoms. The summed E-state index contributed by atoms with van der Waals surface area (Å²) in [5.74, 6) is 1.23. The maximum absolute atomic E-state index is 12.2. The molecule has 0 aromatic carbocycles. The number of aryl methyl sites for hydroxylation is 1. The van der Waals surface area contributed by atoms with Crippen molar-refractivity contribution in [1.29, 1.82) is 0 Å². The highest BCUT2D eigenvalue weighted by molar-refractivity contribution is 7.99. The fourth-order valence-corrected chi connectivity index (χ4v) is 3.55. The number of nitrogens with one attached hydrogen (secondary N) is 1. The lowest BCUT2D eigenvalue weighted by molar-refractivity contribution is -0.119. The summed E-state index contributed by atoms with van der Waals surface area (Å²) in [6.07, 6.45) is 6.63. The third-order valence-corrected chi connectivity index (χ3v) is 5.23. The van der Waals surface area contributed by atoms with Gasteiger partial charge < -0.3 is 15.5 Å². The van der Waals surface area contributed by atoms with Crippen LogP contribution in [0.3, 0.4) is 0 Å². The monoisotopic (exact) mass is 407 g/mol. The Labute approximate surface area is 169 Å². The van der Waals surface area contributed by atoms with E-state index in [0.29, 0.717) is 23.9 Å². The molecule has 2 aromatic rings. The number of hydrogen-bond acceptors (Lipinski definition) is 6. The van der Waals surface area contributed by atoms with E-state index in [0.717, 1.165) is 18.6 Å². The maximum Gasteiger partial charge on any atom is 0.230 e.